The molecular formula is C32H35N5O2SeSi. The number of nitrogens with zero attached hydrogens (tertiary/aromatic N) is 4. The van der Waals surface area contributed by atoms with E-state index in [2.05, 4.69) is 127 Å². The zero-order valence-electron chi connectivity index (χ0n) is 23.6. The third kappa shape index (κ3) is 5.36. The monoisotopic (exact) mass is 634 g/mol. The summed E-state index contributed by atoms with van der Waals surface area (Å²) in [7, 11) is -2.68. The summed E-state index contributed by atoms with van der Waals surface area (Å²) in [5, 5.41) is 2.44. The molecule has 0 unspecified atom stereocenters. The molecule has 1 saturated heterocycles. The molecule has 7 nitrogen and oxygen atoms in total. The number of aromatic nitrogens is 4. The second kappa shape index (κ2) is 11.5. The summed E-state index contributed by atoms with van der Waals surface area (Å²) in [4.78, 5) is 13.5. The topological polar surface area (TPSA) is 88.1 Å². The summed E-state index contributed by atoms with van der Waals surface area (Å²) in [6.45, 7) is 7.43. The van der Waals surface area contributed by atoms with Crippen molar-refractivity contribution in [1.82, 2.24) is 19.5 Å². The number of nitrogens with two attached hydrogens (primary N) is 1. The van der Waals surface area contributed by atoms with Gasteiger partial charge in [0.05, 0.1) is 0 Å². The van der Waals surface area contributed by atoms with E-state index >= 15 is 0 Å². The average Bonchev–Trinajstić information content (AvgIpc) is 3.59. The Hall–Kier alpha value is -3.33. The molecule has 41 heavy (non-hydrogen) atoms. The van der Waals surface area contributed by atoms with Gasteiger partial charge in [-0.1, -0.05) is 0 Å². The van der Waals surface area contributed by atoms with Crippen molar-refractivity contribution in [3.8, 4) is 0 Å². The molecule has 3 aromatic carbocycles. The average molecular weight is 634 g/mol. The predicted molar refractivity (Wildman–Crippen MR) is 167 cm³/mol. The van der Waals surface area contributed by atoms with Crippen molar-refractivity contribution < 1.29 is 9.16 Å². The summed E-state index contributed by atoms with van der Waals surface area (Å²) in [6.07, 6.45) is 3.87. The SMILES string of the molecule is CC(C)(C)[Si](O[13CH2][13C@@H]1[13CH2][13C@@H]([Se]c2ccccc2)[13C@H](n2cnc3c(N)ncnc32)O1)(c1ccccc1)c1ccccc1. The fourth-order valence-corrected chi connectivity index (χ4v) is 13.2. The molecule has 2 aromatic heterocycles. The number of benzene rings is 3. The van der Waals surface area contributed by atoms with E-state index in [9.17, 15) is 0 Å². The molecule has 9 heteroatoms. The third-order valence-corrected chi connectivity index (χ3v) is 15.4. The van der Waals surface area contributed by atoms with Crippen LogP contribution in [0.1, 0.15) is 33.4 Å². The molecule has 1 aliphatic rings. The Kier molecular flexibility index (Phi) is 7.81. The molecule has 0 bridgehead atoms. The zero-order valence-corrected chi connectivity index (χ0v) is 26.3. The van der Waals surface area contributed by atoms with Crippen molar-refractivity contribution in [1.29, 1.82) is 0 Å². The number of hydrogen-bond acceptors (Lipinski definition) is 6. The standard InChI is InChI=1S/C32H35N5O2SeSi/c1-32(2,3)41(25-15-9-5-10-16-25,26-17-11-6-12-18-26)38-20-23-19-27(40-24-13-7-4-8-14-24)31(39-23)37-22-36-28-29(33)34-21-35-30(28)37/h4-18,21-23,27,31H,19-20H2,1-3H3,(H2,33,34,35)/t23-,27+,31+/m0/s1/i19+1,20+1,23+1,27+1,31+1. The van der Waals surface area contributed by atoms with Crippen LogP contribution < -0.4 is 20.6 Å². The van der Waals surface area contributed by atoms with E-state index in [1.54, 1.807) is 6.33 Å². The van der Waals surface area contributed by atoms with Crippen LogP contribution in [0.4, 0.5) is 5.82 Å². The molecule has 0 amide bonds. The summed E-state index contributed by atoms with van der Waals surface area (Å²) in [6, 6.07) is 32.2. The maximum atomic E-state index is 7.27. The van der Waals surface area contributed by atoms with Gasteiger partial charge in [-0.05, 0) is 0 Å². The number of rotatable bonds is 8. The van der Waals surface area contributed by atoms with Gasteiger partial charge in [-0.2, -0.15) is 0 Å². The number of nitrogen functional groups attached to an aromatic ring is 1. The van der Waals surface area contributed by atoms with Crippen LogP contribution in [-0.2, 0) is 9.16 Å². The Morgan fingerprint density at radius 1 is 0.902 bits per heavy atom. The first kappa shape index (κ1) is 27.8. The number of ether oxygens (including phenoxy) is 1. The minimum atomic E-state index is -2.68. The number of hydrogen-bond donors (Lipinski definition) is 1. The molecule has 210 valence electrons. The van der Waals surface area contributed by atoms with Crippen LogP contribution in [0, 0.1) is 0 Å². The molecule has 1 aliphatic heterocycles. The molecule has 3 atom stereocenters. The van der Waals surface area contributed by atoms with Gasteiger partial charge < -0.3 is 0 Å². The van der Waals surface area contributed by atoms with E-state index in [1.807, 2.05) is 4.57 Å². The summed E-state index contributed by atoms with van der Waals surface area (Å²) < 4.78 is 17.5. The summed E-state index contributed by atoms with van der Waals surface area (Å²) in [5.74, 6) is 0.378. The van der Waals surface area contributed by atoms with Gasteiger partial charge in [0.25, 0.3) is 0 Å². The number of fused-ring (bicyclic) bond motifs is 1. The first-order valence-corrected chi connectivity index (χ1v) is 17.7. The first-order chi connectivity index (χ1) is 19.9. The van der Waals surface area contributed by atoms with Crippen LogP contribution in [0.5, 0.6) is 0 Å². The van der Waals surface area contributed by atoms with E-state index in [0.717, 1.165) is 6.42 Å². The van der Waals surface area contributed by atoms with Gasteiger partial charge in [-0.3, -0.25) is 0 Å². The van der Waals surface area contributed by atoms with Gasteiger partial charge in [-0.15, -0.1) is 0 Å². The van der Waals surface area contributed by atoms with Gasteiger partial charge >= 0.3 is 249 Å². The van der Waals surface area contributed by atoms with Crippen molar-refractivity contribution in [2.24, 2.45) is 0 Å². The number of anilines is 1. The molecule has 0 spiro atoms. The van der Waals surface area contributed by atoms with Crippen LogP contribution in [0.2, 0.25) is 9.85 Å². The Balaban J connectivity index is 1.34. The van der Waals surface area contributed by atoms with Crippen LogP contribution in [0.25, 0.3) is 11.2 Å². The van der Waals surface area contributed by atoms with E-state index in [1.165, 1.54) is 21.2 Å². The quantitative estimate of drug-likeness (QED) is 0.205. The second-order valence-electron chi connectivity index (χ2n) is 11.4. The molecule has 3 heterocycles. The Morgan fingerprint density at radius 3 is 2.12 bits per heavy atom. The van der Waals surface area contributed by atoms with Crippen molar-refractivity contribution in [2.45, 2.75) is 49.4 Å². The molecular weight excluding hydrogens is 598 g/mol. The Bertz CT molecular complexity index is 1560. The van der Waals surface area contributed by atoms with E-state index in [0.29, 0.717) is 23.6 Å². The van der Waals surface area contributed by atoms with Crippen molar-refractivity contribution in [2.75, 3.05) is 12.3 Å². The normalized spacial score (nSPS) is 19.5. The zero-order chi connectivity index (χ0) is 28.5. The van der Waals surface area contributed by atoms with Crippen LogP contribution in [-0.4, -0.2) is 55.5 Å². The van der Waals surface area contributed by atoms with Crippen LogP contribution in [0.3, 0.4) is 0 Å². The van der Waals surface area contributed by atoms with Gasteiger partial charge in [0.15, 0.2) is 0 Å². The third-order valence-electron chi connectivity index (χ3n) is 7.74. The van der Waals surface area contributed by atoms with E-state index in [4.69, 9.17) is 14.9 Å². The Labute approximate surface area is 248 Å². The second-order valence-corrected chi connectivity index (χ2v) is 18.5. The summed E-state index contributed by atoms with van der Waals surface area (Å²) >= 11 is 0.174. The van der Waals surface area contributed by atoms with E-state index in [-0.39, 0.29) is 37.1 Å². The van der Waals surface area contributed by atoms with Crippen molar-refractivity contribution in [3.05, 3.63) is 104 Å². The molecule has 2 N–H and O–H groups in total. The van der Waals surface area contributed by atoms with Gasteiger partial charge in [0, 0.05) is 0 Å². The first-order valence-electron chi connectivity index (χ1n) is 13.9. The van der Waals surface area contributed by atoms with Gasteiger partial charge in [0.2, 0.25) is 0 Å². The molecule has 0 aliphatic carbocycles. The fourth-order valence-electron chi connectivity index (χ4n) is 5.88. The molecule has 0 saturated carbocycles. The maximum absolute atomic E-state index is 7.27. The van der Waals surface area contributed by atoms with E-state index < -0.39 is 8.32 Å². The minimum absolute atomic E-state index is 0.0751. The van der Waals surface area contributed by atoms with Gasteiger partial charge in [-0.25, -0.2) is 0 Å². The predicted octanol–water partition coefficient (Wildman–Crippen LogP) is 4.09. The van der Waals surface area contributed by atoms with Crippen molar-refractivity contribution in [3.63, 3.8) is 0 Å². The molecule has 5 aromatic rings. The van der Waals surface area contributed by atoms with Gasteiger partial charge in [0.1, 0.15) is 0 Å². The summed E-state index contributed by atoms with van der Waals surface area (Å²) in [5.41, 5.74) is 7.43. The molecule has 6 rings (SSSR count). The van der Waals surface area contributed by atoms with Crippen molar-refractivity contribution >= 4 is 55.1 Å². The van der Waals surface area contributed by atoms with Crippen LogP contribution in [0.15, 0.2) is 104 Å². The molecule has 0 radical (unpaired) electrons. The molecule has 1 fully saturated rings. The van der Waals surface area contributed by atoms with Crippen LogP contribution >= 0.6 is 0 Å². The Morgan fingerprint density at radius 2 is 1.51 bits per heavy atom. The fraction of sp³-hybridized carbons (Fsp3) is 0.281. The number of imidazole rings is 1.